The smallest absolute Gasteiger partial charge is 0.303 e. The van der Waals surface area contributed by atoms with Crippen molar-refractivity contribution in [1.29, 1.82) is 0 Å². The van der Waals surface area contributed by atoms with E-state index in [4.69, 9.17) is 4.74 Å². The largest absolute Gasteiger partial charge is 0.456 e. The van der Waals surface area contributed by atoms with E-state index in [0.717, 1.165) is 34.6 Å². The monoisotopic (exact) mass is 445 g/mol. The summed E-state index contributed by atoms with van der Waals surface area (Å²) in [5, 5.41) is 0. The van der Waals surface area contributed by atoms with Gasteiger partial charge in [0.15, 0.2) is 12.9 Å². The summed E-state index contributed by atoms with van der Waals surface area (Å²) < 4.78 is 4.95. The van der Waals surface area contributed by atoms with Crippen LogP contribution < -0.4 is 0 Å². The molecule has 1 aliphatic carbocycles. The van der Waals surface area contributed by atoms with Crippen LogP contribution in [0.4, 0.5) is 0 Å². The third-order valence-corrected chi connectivity index (χ3v) is 8.07. The molecule has 1 amide bonds. The summed E-state index contributed by atoms with van der Waals surface area (Å²) in [6, 6.07) is 2.16. The standard InChI is InChI=1S/C25H35NO4S/c1-16-6-8-18(9-7-16)19-10-11-26(24(29)15-30-17(2)28)13-21(19)20-12-23(25(3,4)5)31-22(20)14-27/h12,14,16,18H,6-11,13,15H2,1-5H3. The van der Waals surface area contributed by atoms with Crippen molar-refractivity contribution in [2.24, 2.45) is 11.8 Å². The van der Waals surface area contributed by atoms with Gasteiger partial charge in [-0.15, -0.1) is 11.3 Å². The van der Waals surface area contributed by atoms with Gasteiger partial charge in [0.25, 0.3) is 5.91 Å². The number of amides is 1. The van der Waals surface area contributed by atoms with Crippen molar-refractivity contribution >= 4 is 35.1 Å². The van der Waals surface area contributed by atoms with Gasteiger partial charge in [0.05, 0.1) is 4.88 Å². The quantitative estimate of drug-likeness (QED) is 0.460. The molecule has 0 unspecified atom stereocenters. The molecular formula is C25H35NO4S. The molecule has 0 spiro atoms. The number of ether oxygens (including phenoxy) is 1. The number of hydrogen-bond donors (Lipinski definition) is 0. The van der Waals surface area contributed by atoms with Gasteiger partial charge in [-0.05, 0) is 48.2 Å². The first-order chi connectivity index (χ1) is 14.6. The van der Waals surface area contributed by atoms with Crippen LogP contribution in [0.15, 0.2) is 11.6 Å². The van der Waals surface area contributed by atoms with E-state index in [1.165, 1.54) is 43.1 Å². The molecule has 2 heterocycles. The van der Waals surface area contributed by atoms with Crippen LogP contribution in [0.2, 0.25) is 0 Å². The van der Waals surface area contributed by atoms with Crippen LogP contribution in [0.3, 0.4) is 0 Å². The van der Waals surface area contributed by atoms with Gasteiger partial charge in [-0.2, -0.15) is 0 Å². The predicted molar refractivity (Wildman–Crippen MR) is 124 cm³/mol. The lowest BCUT2D eigenvalue weighted by atomic mass is 9.75. The van der Waals surface area contributed by atoms with E-state index in [-0.39, 0.29) is 17.9 Å². The molecule has 0 saturated heterocycles. The second kappa shape index (κ2) is 9.68. The minimum atomic E-state index is -0.450. The molecule has 1 aromatic rings. The van der Waals surface area contributed by atoms with E-state index < -0.39 is 5.97 Å². The molecule has 1 aliphatic heterocycles. The minimum Gasteiger partial charge on any atom is -0.456 e. The summed E-state index contributed by atoms with van der Waals surface area (Å²) in [6.45, 7) is 11.0. The summed E-state index contributed by atoms with van der Waals surface area (Å²) in [5.74, 6) is 0.663. The molecule has 1 fully saturated rings. The van der Waals surface area contributed by atoms with Crippen LogP contribution >= 0.6 is 11.3 Å². The van der Waals surface area contributed by atoms with E-state index in [9.17, 15) is 14.4 Å². The molecule has 5 nitrogen and oxygen atoms in total. The lowest BCUT2D eigenvalue weighted by Gasteiger charge is -2.36. The zero-order valence-electron chi connectivity index (χ0n) is 19.5. The van der Waals surface area contributed by atoms with Crippen LogP contribution in [-0.4, -0.2) is 42.8 Å². The highest BCUT2D eigenvalue weighted by atomic mass is 32.1. The van der Waals surface area contributed by atoms with E-state index in [1.54, 1.807) is 16.2 Å². The predicted octanol–water partition coefficient (Wildman–Crippen LogP) is 5.23. The maximum absolute atomic E-state index is 12.7. The lowest BCUT2D eigenvalue weighted by Crippen LogP contribution is -2.40. The van der Waals surface area contributed by atoms with Crippen molar-refractivity contribution in [3.63, 3.8) is 0 Å². The van der Waals surface area contributed by atoms with Crippen LogP contribution in [0.1, 0.15) is 86.8 Å². The molecule has 1 saturated carbocycles. The molecule has 1 aromatic heterocycles. The van der Waals surface area contributed by atoms with Crippen molar-refractivity contribution < 1.29 is 19.1 Å². The van der Waals surface area contributed by atoms with Crippen molar-refractivity contribution in [2.75, 3.05) is 19.7 Å². The van der Waals surface area contributed by atoms with Crippen molar-refractivity contribution in [3.8, 4) is 0 Å². The maximum atomic E-state index is 12.7. The number of nitrogens with zero attached hydrogens (tertiary/aromatic N) is 1. The zero-order valence-corrected chi connectivity index (χ0v) is 20.3. The van der Waals surface area contributed by atoms with Crippen molar-refractivity contribution in [2.45, 2.75) is 72.1 Å². The fraction of sp³-hybridized carbons (Fsp3) is 0.640. The zero-order chi connectivity index (χ0) is 22.8. The first-order valence-electron chi connectivity index (χ1n) is 11.3. The Labute approximate surface area is 189 Å². The molecule has 31 heavy (non-hydrogen) atoms. The summed E-state index contributed by atoms with van der Waals surface area (Å²) in [4.78, 5) is 39.5. The molecule has 3 rings (SSSR count). The van der Waals surface area contributed by atoms with Crippen LogP contribution in [0.25, 0.3) is 5.57 Å². The lowest BCUT2D eigenvalue weighted by molar-refractivity contribution is -0.150. The fourth-order valence-corrected chi connectivity index (χ4v) is 5.72. The van der Waals surface area contributed by atoms with E-state index in [0.29, 0.717) is 19.0 Å². The van der Waals surface area contributed by atoms with Gasteiger partial charge in [0, 0.05) is 30.5 Å². The molecule has 6 heteroatoms. The Morgan fingerprint density at radius 3 is 2.48 bits per heavy atom. The number of thiophene rings is 1. The second-order valence-electron chi connectivity index (χ2n) is 10.1. The minimum absolute atomic E-state index is 0.0405. The second-order valence-corrected chi connectivity index (χ2v) is 11.1. The van der Waals surface area contributed by atoms with Gasteiger partial charge in [0.1, 0.15) is 0 Å². The molecule has 0 radical (unpaired) electrons. The van der Waals surface area contributed by atoms with Gasteiger partial charge < -0.3 is 9.64 Å². The van der Waals surface area contributed by atoms with Gasteiger partial charge in [-0.1, -0.05) is 46.1 Å². The number of aldehydes is 1. The van der Waals surface area contributed by atoms with Gasteiger partial charge in [-0.25, -0.2) is 0 Å². The average molecular weight is 446 g/mol. The summed E-state index contributed by atoms with van der Waals surface area (Å²) in [7, 11) is 0. The topological polar surface area (TPSA) is 63.7 Å². The van der Waals surface area contributed by atoms with Gasteiger partial charge in [0.2, 0.25) is 0 Å². The Morgan fingerprint density at radius 1 is 1.23 bits per heavy atom. The number of carbonyl (C=O) groups is 3. The third-order valence-electron chi connectivity index (χ3n) is 6.58. The normalized spacial score (nSPS) is 22.4. The van der Waals surface area contributed by atoms with E-state index in [1.807, 2.05) is 0 Å². The fourth-order valence-electron chi connectivity index (χ4n) is 4.66. The van der Waals surface area contributed by atoms with Gasteiger partial charge >= 0.3 is 5.97 Å². The summed E-state index contributed by atoms with van der Waals surface area (Å²) >= 11 is 1.56. The Morgan fingerprint density at radius 2 is 1.90 bits per heavy atom. The highest BCUT2D eigenvalue weighted by Gasteiger charge is 2.32. The third kappa shape index (κ3) is 5.65. The first kappa shape index (κ1) is 23.7. The number of carbonyl (C=O) groups excluding carboxylic acids is 3. The molecule has 0 aromatic carbocycles. The highest BCUT2D eigenvalue weighted by molar-refractivity contribution is 7.14. The van der Waals surface area contributed by atoms with Crippen LogP contribution in [0.5, 0.6) is 0 Å². The van der Waals surface area contributed by atoms with Crippen molar-refractivity contribution in [3.05, 3.63) is 27.0 Å². The molecule has 0 N–H and O–H groups in total. The number of hydrogen-bond acceptors (Lipinski definition) is 5. The average Bonchev–Trinajstić information content (AvgIpc) is 3.17. The Bertz CT molecular complexity index is 869. The molecule has 2 aliphatic rings. The van der Waals surface area contributed by atoms with E-state index in [2.05, 4.69) is 33.8 Å². The Kier molecular flexibility index (Phi) is 7.40. The Hall–Kier alpha value is -1.95. The van der Waals surface area contributed by atoms with E-state index >= 15 is 0 Å². The highest BCUT2D eigenvalue weighted by Crippen LogP contribution is 2.43. The first-order valence-corrected chi connectivity index (χ1v) is 12.1. The molecular weight excluding hydrogens is 410 g/mol. The van der Waals surface area contributed by atoms with Crippen molar-refractivity contribution in [1.82, 2.24) is 4.90 Å². The maximum Gasteiger partial charge on any atom is 0.303 e. The molecule has 170 valence electrons. The van der Waals surface area contributed by atoms with Gasteiger partial charge in [-0.3, -0.25) is 14.4 Å². The Balaban J connectivity index is 1.98. The summed E-state index contributed by atoms with van der Waals surface area (Å²) in [5.41, 5.74) is 3.51. The SMILES string of the molecule is CC(=O)OCC(=O)N1CCC(C2CCC(C)CC2)=C(c2cc(C(C)(C)C)sc2C=O)C1. The summed E-state index contributed by atoms with van der Waals surface area (Å²) in [6.07, 6.45) is 6.59. The van der Waals surface area contributed by atoms with Crippen LogP contribution in [-0.2, 0) is 19.7 Å². The number of esters is 1. The number of rotatable bonds is 5. The van der Waals surface area contributed by atoms with Crippen LogP contribution in [0, 0.1) is 11.8 Å². The molecule has 0 atom stereocenters. The molecule has 0 bridgehead atoms.